The normalized spacial score (nSPS) is 10.4. The molecule has 14 heavy (non-hydrogen) atoms. The molecule has 0 amide bonds. The summed E-state index contributed by atoms with van der Waals surface area (Å²) in [6.07, 6.45) is 0.519. The number of carbonyl (C=O) groups is 1. The lowest BCUT2D eigenvalue weighted by Gasteiger charge is -2.02. The molecule has 0 aromatic heterocycles. The maximum Gasteiger partial charge on any atom is 0.150 e. The van der Waals surface area contributed by atoms with Crippen LogP contribution in [0.25, 0.3) is 10.8 Å². The predicted octanol–water partition coefficient (Wildman–Crippen LogP) is 2.93. The molecule has 0 N–H and O–H groups in total. The number of carbonyl (C=O) groups excluding carboxylic acids is 1. The first-order chi connectivity index (χ1) is 6.74. The molecule has 0 aliphatic carbocycles. The Morgan fingerprint density at radius 3 is 2.43 bits per heavy atom. The van der Waals surface area contributed by atoms with Gasteiger partial charge in [0.05, 0.1) is 0 Å². The van der Waals surface area contributed by atoms with Crippen molar-refractivity contribution in [3.05, 3.63) is 47.5 Å². The molecule has 0 aliphatic heterocycles. The fourth-order valence-corrected chi connectivity index (χ4v) is 1.45. The first-order valence-corrected chi connectivity index (χ1v) is 4.06. The molecule has 2 aromatic carbocycles. The predicted molar refractivity (Wildman–Crippen MR) is 49.3 cm³/mol. The molecular weight excluding hydrogens is 186 g/mol. The largest absolute Gasteiger partial charge is 0.298 e. The zero-order valence-corrected chi connectivity index (χ0v) is 7.13. The van der Waals surface area contributed by atoms with Gasteiger partial charge in [-0.2, -0.15) is 0 Å². The zero-order chi connectivity index (χ0) is 10.1. The molecule has 1 nitrogen and oxygen atoms in total. The Hall–Kier alpha value is -1.77. The summed E-state index contributed by atoms with van der Waals surface area (Å²) in [5.41, 5.74) is 0.166. The van der Waals surface area contributed by atoms with Crippen LogP contribution in [0.3, 0.4) is 0 Å². The molecule has 0 spiro atoms. The second kappa shape index (κ2) is 3.18. The average Bonchev–Trinajstić information content (AvgIpc) is 2.23. The van der Waals surface area contributed by atoms with Crippen LogP contribution in [-0.2, 0) is 0 Å². The summed E-state index contributed by atoms with van der Waals surface area (Å²) in [6, 6.07) is 6.49. The molecule has 2 rings (SSSR count). The Morgan fingerprint density at radius 1 is 1.00 bits per heavy atom. The van der Waals surface area contributed by atoms with E-state index in [-0.39, 0.29) is 16.3 Å². The second-order valence-corrected chi connectivity index (χ2v) is 2.92. The number of rotatable bonds is 1. The third-order valence-corrected chi connectivity index (χ3v) is 2.10. The molecule has 3 heteroatoms. The van der Waals surface area contributed by atoms with Gasteiger partial charge in [-0.25, -0.2) is 8.78 Å². The van der Waals surface area contributed by atoms with E-state index in [2.05, 4.69) is 0 Å². The molecule has 0 saturated heterocycles. The number of benzene rings is 2. The second-order valence-electron chi connectivity index (χ2n) is 2.92. The topological polar surface area (TPSA) is 17.1 Å². The summed E-state index contributed by atoms with van der Waals surface area (Å²) in [4.78, 5) is 10.6. The lowest BCUT2D eigenvalue weighted by Crippen LogP contribution is -1.89. The number of aldehydes is 1. The Kier molecular flexibility index (Phi) is 2.00. The van der Waals surface area contributed by atoms with Crippen LogP contribution in [0.15, 0.2) is 30.3 Å². The smallest absolute Gasteiger partial charge is 0.150 e. The van der Waals surface area contributed by atoms with E-state index in [9.17, 15) is 13.6 Å². The zero-order valence-electron chi connectivity index (χ0n) is 7.13. The highest BCUT2D eigenvalue weighted by atomic mass is 19.1. The van der Waals surface area contributed by atoms with Gasteiger partial charge in [0.2, 0.25) is 0 Å². The number of halogens is 2. The van der Waals surface area contributed by atoms with Crippen molar-refractivity contribution < 1.29 is 13.6 Å². The molecule has 0 unspecified atom stereocenters. The van der Waals surface area contributed by atoms with Crippen LogP contribution in [0.1, 0.15) is 10.4 Å². The van der Waals surface area contributed by atoms with Crippen LogP contribution < -0.4 is 0 Å². The Balaban J connectivity index is 2.99. The minimum Gasteiger partial charge on any atom is -0.298 e. The van der Waals surface area contributed by atoms with Crippen molar-refractivity contribution in [3.63, 3.8) is 0 Å². The van der Waals surface area contributed by atoms with Gasteiger partial charge in [-0.1, -0.05) is 18.2 Å². The van der Waals surface area contributed by atoms with Crippen LogP contribution in [-0.4, -0.2) is 6.29 Å². The van der Waals surface area contributed by atoms with Crippen LogP contribution >= 0.6 is 0 Å². The highest BCUT2D eigenvalue weighted by molar-refractivity contribution is 5.98. The Labute approximate surface area is 79.0 Å². The highest BCUT2D eigenvalue weighted by Crippen LogP contribution is 2.23. The van der Waals surface area contributed by atoms with E-state index in [1.807, 2.05) is 0 Å². The lowest BCUT2D eigenvalue weighted by atomic mass is 10.0. The van der Waals surface area contributed by atoms with Gasteiger partial charge in [-0.15, -0.1) is 0 Å². The monoisotopic (exact) mass is 192 g/mol. The number of hydrogen-bond acceptors (Lipinski definition) is 1. The lowest BCUT2D eigenvalue weighted by molar-refractivity contribution is 0.112. The molecule has 0 heterocycles. The number of hydrogen-bond donors (Lipinski definition) is 0. The van der Waals surface area contributed by atoms with Crippen LogP contribution in [0.5, 0.6) is 0 Å². The quantitative estimate of drug-likeness (QED) is 0.635. The van der Waals surface area contributed by atoms with Crippen molar-refractivity contribution in [1.29, 1.82) is 0 Å². The van der Waals surface area contributed by atoms with E-state index in [0.29, 0.717) is 6.29 Å². The third-order valence-electron chi connectivity index (χ3n) is 2.10. The van der Waals surface area contributed by atoms with Crippen LogP contribution in [0.2, 0.25) is 0 Å². The van der Waals surface area contributed by atoms with E-state index in [1.54, 1.807) is 0 Å². The van der Waals surface area contributed by atoms with Gasteiger partial charge < -0.3 is 0 Å². The number of fused-ring (bicyclic) bond motifs is 1. The van der Waals surface area contributed by atoms with E-state index >= 15 is 0 Å². The molecule has 0 atom stereocenters. The van der Waals surface area contributed by atoms with Crippen LogP contribution in [0.4, 0.5) is 8.78 Å². The summed E-state index contributed by atoms with van der Waals surface area (Å²) in [5.74, 6) is -1.10. The first kappa shape index (κ1) is 8.81. The SMILES string of the molecule is O=Cc1cccc2c(F)ccc(F)c12. The molecule has 0 fully saturated rings. The van der Waals surface area contributed by atoms with E-state index in [4.69, 9.17) is 0 Å². The maximum atomic E-state index is 13.3. The minimum atomic E-state index is -0.580. The van der Waals surface area contributed by atoms with Gasteiger partial charge in [-0.3, -0.25) is 4.79 Å². The van der Waals surface area contributed by atoms with Crippen molar-refractivity contribution in [2.24, 2.45) is 0 Å². The van der Waals surface area contributed by atoms with Crippen molar-refractivity contribution in [2.75, 3.05) is 0 Å². The summed E-state index contributed by atoms with van der Waals surface area (Å²) in [5, 5.41) is 0.178. The molecule has 0 aliphatic rings. The van der Waals surface area contributed by atoms with Gasteiger partial charge in [0, 0.05) is 16.3 Å². The Bertz CT molecular complexity index is 506. The highest BCUT2D eigenvalue weighted by Gasteiger charge is 2.08. The average molecular weight is 192 g/mol. The van der Waals surface area contributed by atoms with Crippen molar-refractivity contribution in [2.45, 2.75) is 0 Å². The van der Waals surface area contributed by atoms with Crippen molar-refractivity contribution in [3.8, 4) is 0 Å². The molecule has 0 bridgehead atoms. The summed E-state index contributed by atoms with van der Waals surface area (Å²) >= 11 is 0. The molecule has 0 saturated carbocycles. The standard InChI is InChI=1S/C11H6F2O/c12-9-4-5-10(13)11-7(6-14)2-1-3-8(9)11/h1-6H. The molecule has 2 aromatic rings. The van der Waals surface area contributed by atoms with Gasteiger partial charge in [-0.05, 0) is 12.1 Å². The van der Waals surface area contributed by atoms with E-state index in [1.165, 1.54) is 18.2 Å². The van der Waals surface area contributed by atoms with Gasteiger partial charge in [0.15, 0.2) is 6.29 Å². The maximum absolute atomic E-state index is 13.3. The minimum absolute atomic E-state index is 0.0440. The molecule has 0 radical (unpaired) electrons. The van der Waals surface area contributed by atoms with Crippen molar-refractivity contribution >= 4 is 17.1 Å². The van der Waals surface area contributed by atoms with Crippen LogP contribution in [0, 0.1) is 11.6 Å². The fraction of sp³-hybridized carbons (Fsp3) is 0. The third kappa shape index (κ3) is 1.18. The summed E-state index contributed by atoms with van der Waals surface area (Å²) in [7, 11) is 0. The molecular formula is C11H6F2O. The molecule has 70 valence electrons. The first-order valence-electron chi connectivity index (χ1n) is 4.06. The van der Waals surface area contributed by atoms with Gasteiger partial charge >= 0.3 is 0 Å². The van der Waals surface area contributed by atoms with Gasteiger partial charge in [0.25, 0.3) is 0 Å². The van der Waals surface area contributed by atoms with Crippen molar-refractivity contribution in [1.82, 2.24) is 0 Å². The Morgan fingerprint density at radius 2 is 1.71 bits per heavy atom. The fourth-order valence-electron chi connectivity index (χ4n) is 1.45. The van der Waals surface area contributed by atoms with E-state index < -0.39 is 11.6 Å². The summed E-state index contributed by atoms with van der Waals surface area (Å²) < 4.78 is 26.5. The van der Waals surface area contributed by atoms with Gasteiger partial charge in [0.1, 0.15) is 11.6 Å². The summed E-state index contributed by atoms with van der Waals surface area (Å²) in [6.45, 7) is 0. The van der Waals surface area contributed by atoms with E-state index in [0.717, 1.165) is 12.1 Å².